The van der Waals surface area contributed by atoms with Crippen LogP contribution in [0.25, 0.3) is 0 Å². The molecule has 0 bridgehead atoms. The first-order valence-electron chi connectivity index (χ1n) is 5.94. The molecule has 1 rings (SSSR count). The van der Waals surface area contributed by atoms with Gasteiger partial charge in [0.2, 0.25) is 0 Å². The van der Waals surface area contributed by atoms with Crippen molar-refractivity contribution >= 4 is 0 Å². The molecule has 1 nitrogen and oxygen atoms in total. The highest BCUT2D eigenvalue weighted by Gasteiger charge is 2.54. The highest BCUT2D eigenvalue weighted by Crippen LogP contribution is 2.47. The van der Waals surface area contributed by atoms with Crippen LogP contribution < -0.4 is 0 Å². The molecular formula is C15H20F2O. The van der Waals surface area contributed by atoms with Crippen LogP contribution in [0.4, 0.5) is 8.78 Å². The molecule has 1 aliphatic rings. The molecule has 0 saturated heterocycles. The third-order valence-electron chi connectivity index (χ3n) is 3.71. The van der Waals surface area contributed by atoms with Gasteiger partial charge >= 0.3 is 0 Å². The minimum atomic E-state index is -1.73. The van der Waals surface area contributed by atoms with Gasteiger partial charge in [-0.1, -0.05) is 18.7 Å². The van der Waals surface area contributed by atoms with Crippen LogP contribution in [-0.4, -0.2) is 25.1 Å². The summed E-state index contributed by atoms with van der Waals surface area (Å²) in [5, 5.41) is 0. The van der Waals surface area contributed by atoms with Crippen molar-refractivity contribution in [1.29, 1.82) is 0 Å². The van der Waals surface area contributed by atoms with E-state index in [0.29, 0.717) is 6.42 Å². The zero-order valence-corrected chi connectivity index (χ0v) is 11.0. The molecule has 100 valence electrons. The van der Waals surface area contributed by atoms with Crippen LogP contribution >= 0.6 is 0 Å². The molecule has 3 heteroatoms. The van der Waals surface area contributed by atoms with Crippen molar-refractivity contribution in [3.05, 3.63) is 43.2 Å². The van der Waals surface area contributed by atoms with Crippen molar-refractivity contribution in [3.63, 3.8) is 0 Å². The molecule has 0 aromatic carbocycles. The molecule has 0 spiro atoms. The minimum absolute atomic E-state index is 0.146. The van der Waals surface area contributed by atoms with Gasteiger partial charge in [-0.25, -0.2) is 8.78 Å². The molecule has 1 saturated carbocycles. The Labute approximate surface area is 108 Å². The van der Waals surface area contributed by atoms with E-state index in [0.717, 1.165) is 0 Å². The molecule has 0 aromatic rings. The molecular weight excluding hydrogens is 234 g/mol. The van der Waals surface area contributed by atoms with Gasteiger partial charge in [0.25, 0.3) is 0 Å². The first kappa shape index (κ1) is 14.9. The van der Waals surface area contributed by atoms with Crippen molar-refractivity contribution in [2.75, 3.05) is 7.11 Å². The standard InChI is InChI=1S/C15H20F2O/c1-6-9-11-12(8-3)15(4,17)14(18-5)10(7-2)13(11)16/h6,8,11-14H,1-3,9H2,4-5H3/t11-,12?,13+,14?,15-/m1/s1. The number of halogens is 2. The van der Waals surface area contributed by atoms with E-state index >= 15 is 0 Å². The predicted molar refractivity (Wildman–Crippen MR) is 69.9 cm³/mol. The van der Waals surface area contributed by atoms with E-state index in [1.165, 1.54) is 20.1 Å². The number of allylic oxidation sites excluding steroid dienone is 2. The van der Waals surface area contributed by atoms with Crippen molar-refractivity contribution < 1.29 is 13.5 Å². The van der Waals surface area contributed by atoms with Gasteiger partial charge in [0.15, 0.2) is 0 Å². The number of methoxy groups -OCH3 is 1. The fraction of sp³-hybridized carbons (Fsp3) is 0.533. The normalized spacial score (nSPS) is 40.1. The first-order chi connectivity index (χ1) is 8.45. The van der Waals surface area contributed by atoms with Gasteiger partial charge in [-0.05, 0) is 13.3 Å². The van der Waals surface area contributed by atoms with Gasteiger partial charge in [0.05, 0.1) is 0 Å². The molecule has 5 atom stereocenters. The molecule has 1 aliphatic carbocycles. The number of ether oxygens (including phenoxy) is 1. The van der Waals surface area contributed by atoms with Gasteiger partial charge < -0.3 is 4.74 Å². The second-order valence-corrected chi connectivity index (χ2v) is 4.75. The summed E-state index contributed by atoms with van der Waals surface area (Å²) < 4.78 is 34.4. The fourth-order valence-corrected chi connectivity index (χ4v) is 2.87. The van der Waals surface area contributed by atoms with Gasteiger partial charge in [0, 0.05) is 24.5 Å². The lowest BCUT2D eigenvalue weighted by Gasteiger charge is -2.46. The lowest BCUT2D eigenvalue weighted by molar-refractivity contribution is -0.0822. The van der Waals surface area contributed by atoms with Crippen molar-refractivity contribution in [2.45, 2.75) is 31.3 Å². The van der Waals surface area contributed by atoms with Crippen LogP contribution in [0.3, 0.4) is 0 Å². The molecule has 0 radical (unpaired) electrons. The van der Waals surface area contributed by atoms with E-state index in [1.54, 1.807) is 6.08 Å². The average Bonchev–Trinajstić information content (AvgIpc) is 2.33. The van der Waals surface area contributed by atoms with Crippen LogP contribution in [0, 0.1) is 11.8 Å². The molecule has 0 amide bonds. The van der Waals surface area contributed by atoms with E-state index < -0.39 is 29.8 Å². The van der Waals surface area contributed by atoms with Gasteiger partial charge in [-0.3, -0.25) is 0 Å². The van der Waals surface area contributed by atoms with Crippen molar-refractivity contribution in [3.8, 4) is 0 Å². The van der Waals surface area contributed by atoms with E-state index in [2.05, 4.69) is 25.5 Å². The quantitative estimate of drug-likeness (QED) is 0.548. The largest absolute Gasteiger partial charge is 0.373 e. The molecule has 18 heavy (non-hydrogen) atoms. The van der Waals surface area contributed by atoms with Gasteiger partial charge in [0.1, 0.15) is 17.9 Å². The zero-order chi connectivity index (χ0) is 13.9. The number of hydrogen-bond donors (Lipinski definition) is 0. The molecule has 1 fully saturated rings. The highest BCUT2D eigenvalue weighted by molar-refractivity contribution is 5.27. The zero-order valence-electron chi connectivity index (χ0n) is 11.0. The Balaban J connectivity index is 3.30. The van der Waals surface area contributed by atoms with Gasteiger partial charge in [-0.15, -0.1) is 18.9 Å². The topological polar surface area (TPSA) is 9.23 Å². The fourth-order valence-electron chi connectivity index (χ4n) is 2.87. The Kier molecular flexibility index (Phi) is 4.66. The third-order valence-corrected chi connectivity index (χ3v) is 3.71. The summed E-state index contributed by atoms with van der Waals surface area (Å²) in [4.78, 5) is 0. The van der Waals surface area contributed by atoms with Gasteiger partial charge in [-0.2, -0.15) is 0 Å². The van der Waals surface area contributed by atoms with Crippen LogP contribution in [0.1, 0.15) is 13.3 Å². The maximum Gasteiger partial charge on any atom is 0.145 e. The average molecular weight is 254 g/mol. The Morgan fingerprint density at radius 3 is 2.50 bits per heavy atom. The third kappa shape index (κ3) is 2.21. The van der Waals surface area contributed by atoms with E-state index in [-0.39, 0.29) is 5.57 Å². The lowest BCUT2D eigenvalue weighted by Crippen LogP contribution is -2.55. The van der Waals surface area contributed by atoms with E-state index in [4.69, 9.17) is 4.74 Å². The van der Waals surface area contributed by atoms with Crippen molar-refractivity contribution in [2.24, 2.45) is 11.8 Å². The molecule has 0 aromatic heterocycles. The van der Waals surface area contributed by atoms with E-state index in [9.17, 15) is 8.78 Å². The van der Waals surface area contributed by atoms with Crippen molar-refractivity contribution in [1.82, 2.24) is 0 Å². The summed E-state index contributed by atoms with van der Waals surface area (Å²) in [6, 6.07) is 0. The summed E-state index contributed by atoms with van der Waals surface area (Å²) in [5.74, 6) is -1.17. The number of hydrogen-bond acceptors (Lipinski definition) is 1. The van der Waals surface area contributed by atoms with Crippen LogP contribution in [-0.2, 0) is 4.74 Å². The number of alkyl halides is 2. The summed E-state index contributed by atoms with van der Waals surface area (Å²) in [7, 11) is 1.36. The minimum Gasteiger partial charge on any atom is -0.373 e. The van der Waals surface area contributed by atoms with Crippen LogP contribution in [0.2, 0.25) is 0 Å². The number of rotatable bonds is 4. The monoisotopic (exact) mass is 254 g/mol. The Bertz CT molecular complexity index is 380. The first-order valence-corrected chi connectivity index (χ1v) is 5.94. The maximum absolute atomic E-state index is 14.9. The lowest BCUT2D eigenvalue weighted by atomic mass is 9.65. The summed E-state index contributed by atoms with van der Waals surface area (Å²) in [6.07, 6.45) is 1.12. The summed E-state index contributed by atoms with van der Waals surface area (Å²) >= 11 is 0. The molecule has 0 N–H and O–H groups in total. The molecule has 2 unspecified atom stereocenters. The second-order valence-electron chi connectivity index (χ2n) is 4.75. The van der Waals surface area contributed by atoms with E-state index in [1.807, 2.05) is 0 Å². The maximum atomic E-state index is 14.9. The molecule has 0 heterocycles. The second kappa shape index (κ2) is 5.64. The van der Waals surface area contributed by atoms with Crippen LogP contribution in [0.15, 0.2) is 43.2 Å². The predicted octanol–water partition coefficient (Wildman–Crippen LogP) is 3.79. The molecule has 0 aliphatic heterocycles. The SMILES string of the molecule is C=C=C1C(OC)[C@](C)(F)C(C=C)[C@@H](CC=C)[C@H]1F. The summed E-state index contributed by atoms with van der Waals surface area (Å²) in [5.41, 5.74) is 0.918. The highest BCUT2D eigenvalue weighted by atomic mass is 19.1. The smallest absolute Gasteiger partial charge is 0.145 e. The Hall–Kier alpha value is -1.18. The summed E-state index contributed by atoms with van der Waals surface area (Å²) in [6.45, 7) is 12.1. The van der Waals surface area contributed by atoms with Crippen LogP contribution in [0.5, 0.6) is 0 Å². The Morgan fingerprint density at radius 1 is 1.50 bits per heavy atom. The Morgan fingerprint density at radius 2 is 2.11 bits per heavy atom.